The molecule has 0 bridgehead atoms. The van der Waals surface area contributed by atoms with Gasteiger partial charge in [0.05, 0.1) is 5.52 Å². The topological polar surface area (TPSA) is 17.3 Å². The number of aliphatic imine (C=N–C) groups is 1. The summed E-state index contributed by atoms with van der Waals surface area (Å²) in [5, 5.41) is 1.25. The standard InChI is InChI=1S/C16H18N2/c1-5-17-13(3)12(2)14(4)18-11-10-15-8-6-7-9-16(15)18/h5-11H,1H2,2-4H3/b14-12+,17-13?. The molecule has 18 heavy (non-hydrogen) atoms. The van der Waals surface area contributed by atoms with Crippen molar-refractivity contribution in [2.75, 3.05) is 0 Å². The molecule has 0 saturated heterocycles. The summed E-state index contributed by atoms with van der Waals surface area (Å²) in [6.45, 7) is 9.85. The van der Waals surface area contributed by atoms with Crippen LogP contribution in [0.5, 0.6) is 0 Å². The van der Waals surface area contributed by atoms with Gasteiger partial charge in [0, 0.05) is 23.8 Å². The quantitative estimate of drug-likeness (QED) is 0.701. The summed E-state index contributed by atoms with van der Waals surface area (Å²) in [7, 11) is 0. The Hall–Kier alpha value is -2.09. The molecule has 0 radical (unpaired) electrons. The number of nitrogens with zero attached hydrogens (tertiary/aromatic N) is 2. The fraction of sp³-hybridized carbons (Fsp3) is 0.188. The first kappa shape index (κ1) is 12.4. The molecule has 1 heterocycles. The zero-order chi connectivity index (χ0) is 13.1. The normalized spacial score (nSPS) is 13.6. The molecule has 1 aromatic carbocycles. The minimum Gasteiger partial charge on any atom is -0.320 e. The van der Waals surface area contributed by atoms with Crippen LogP contribution in [0.1, 0.15) is 20.8 Å². The molecule has 0 saturated carbocycles. The van der Waals surface area contributed by atoms with Gasteiger partial charge in [0.1, 0.15) is 0 Å². The average molecular weight is 238 g/mol. The van der Waals surface area contributed by atoms with E-state index in [0.717, 1.165) is 5.71 Å². The van der Waals surface area contributed by atoms with Gasteiger partial charge in [0.2, 0.25) is 0 Å². The molecule has 2 nitrogen and oxygen atoms in total. The summed E-state index contributed by atoms with van der Waals surface area (Å²) in [6, 6.07) is 10.5. The largest absolute Gasteiger partial charge is 0.320 e. The van der Waals surface area contributed by atoms with Crippen LogP contribution in [0.15, 0.2) is 59.9 Å². The minimum absolute atomic E-state index is 1.00. The Morgan fingerprint density at radius 3 is 2.61 bits per heavy atom. The Balaban J connectivity index is 2.57. The molecule has 0 fully saturated rings. The van der Waals surface area contributed by atoms with Crippen LogP contribution in [0.25, 0.3) is 16.6 Å². The highest BCUT2D eigenvalue weighted by atomic mass is 15.0. The Morgan fingerprint density at radius 1 is 1.17 bits per heavy atom. The van der Waals surface area contributed by atoms with Crippen molar-refractivity contribution in [2.24, 2.45) is 4.99 Å². The number of aromatic nitrogens is 1. The first-order valence-electron chi connectivity index (χ1n) is 6.04. The van der Waals surface area contributed by atoms with Crippen LogP contribution < -0.4 is 0 Å². The van der Waals surface area contributed by atoms with Crippen molar-refractivity contribution in [3.63, 3.8) is 0 Å². The number of allylic oxidation sites excluding steroid dienone is 2. The SMILES string of the molecule is C=CN=C(C)/C(C)=C(\C)n1ccc2ccccc21. The van der Waals surface area contributed by atoms with Crippen LogP contribution >= 0.6 is 0 Å². The van der Waals surface area contributed by atoms with E-state index in [2.05, 4.69) is 66.5 Å². The van der Waals surface area contributed by atoms with Gasteiger partial charge in [-0.15, -0.1) is 0 Å². The van der Waals surface area contributed by atoms with Crippen LogP contribution in [0.2, 0.25) is 0 Å². The molecule has 0 amide bonds. The van der Waals surface area contributed by atoms with E-state index in [1.807, 2.05) is 6.92 Å². The highest BCUT2D eigenvalue weighted by molar-refractivity contribution is 6.03. The molecule has 0 N–H and O–H groups in total. The van der Waals surface area contributed by atoms with E-state index in [1.165, 1.54) is 22.2 Å². The average Bonchev–Trinajstić information content (AvgIpc) is 2.81. The minimum atomic E-state index is 1.00. The van der Waals surface area contributed by atoms with Gasteiger partial charge < -0.3 is 4.57 Å². The van der Waals surface area contributed by atoms with Crippen molar-refractivity contribution in [1.29, 1.82) is 0 Å². The molecule has 0 aliphatic rings. The molecule has 2 aromatic rings. The van der Waals surface area contributed by atoms with Crippen LogP contribution in [-0.2, 0) is 0 Å². The molecule has 2 heteroatoms. The third-order valence-corrected chi connectivity index (χ3v) is 3.33. The van der Waals surface area contributed by atoms with Crippen molar-refractivity contribution in [1.82, 2.24) is 4.57 Å². The number of hydrogen-bond donors (Lipinski definition) is 0. The number of benzene rings is 1. The summed E-state index contributed by atoms with van der Waals surface area (Å²) in [5.41, 5.74) is 4.59. The third-order valence-electron chi connectivity index (χ3n) is 3.33. The van der Waals surface area contributed by atoms with Gasteiger partial charge in [0.25, 0.3) is 0 Å². The highest BCUT2D eigenvalue weighted by Crippen LogP contribution is 2.21. The van der Waals surface area contributed by atoms with Crippen molar-refractivity contribution >= 4 is 22.3 Å². The number of hydrogen-bond acceptors (Lipinski definition) is 1. The zero-order valence-electron chi connectivity index (χ0n) is 11.1. The van der Waals surface area contributed by atoms with E-state index < -0.39 is 0 Å². The van der Waals surface area contributed by atoms with Gasteiger partial charge in [0.15, 0.2) is 0 Å². The fourth-order valence-corrected chi connectivity index (χ4v) is 2.05. The smallest absolute Gasteiger partial charge is 0.0525 e. The number of rotatable bonds is 3. The van der Waals surface area contributed by atoms with Gasteiger partial charge in [-0.25, -0.2) is 0 Å². The lowest BCUT2D eigenvalue weighted by Gasteiger charge is -2.10. The predicted molar refractivity (Wildman–Crippen MR) is 79.8 cm³/mol. The zero-order valence-corrected chi connectivity index (χ0v) is 11.1. The number of para-hydroxylation sites is 1. The van der Waals surface area contributed by atoms with Crippen molar-refractivity contribution in [2.45, 2.75) is 20.8 Å². The lowest BCUT2D eigenvalue weighted by molar-refractivity contribution is 1.13. The predicted octanol–water partition coefficient (Wildman–Crippen LogP) is 4.50. The van der Waals surface area contributed by atoms with E-state index >= 15 is 0 Å². The van der Waals surface area contributed by atoms with Crippen molar-refractivity contribution in [3.05, 3.63) is 54.9 Å². The first-order chi connectivity index (χ1) is 8.65. The van der Waals surface area contributed by atoms with E-state index in [1.54, 1.807) is 6.20 Å². The highest BCUT2D eigenvalue weighted by Gasteiger charge is 2.05. The Kier molecular flexibility index (Phi) is 3.47. The maximum absolute atomic E-state index is 4.24. The van der Waals surface area contributed by atoms with Gasteiger partial charge in [-0.2, -0.15) is 0 Å². The summed E-state index contributed by atoms with van der Waals surface area (Å²) >= 11 is 0. The second kappa shape index (κ2) is 5.05. The van der Waals surface area contributed by atoms with E-state index in [4.69, 9.17) is 0 Å². The monoisotopic (exact) mass is 238 g/mol. The molecular weight excluding hydrogens is 220 g/mol. The molecule has 0 aliphatic heterocycles. The third kappa shape index (κ3) is 2.14. The summed E-state index contributed by atoms with van der Waals surface area (Å²) in [4.78, 5) is 4.24. The van der Waals surface area contributed by atoms with Crippen LogP contribution in [-0.4, -0.2) is 10.3 Å². The lowest BCUT2D eigenvalue weighted by atomic mass is 10.1. The van der Waals surface area contributed by atoms with Gasteiger partial charge in [-0.1, -0.05) is 24.8 Å². The fourth-order valence-electron chi connectivity index (χ4n) is 2.05. The first-order valence-corrected chi connectivity index (χ1v) is 6.04. The summed E-state index contributed by atoms with van der Waals surface area (Å²) in [6.07, 6.45) is 3.69. The van der Waals surface area contributed by atoms with E-state index in [-0.39, 0.29) is 0 Å². The second-order valence-corrected chi connectivity index (χ2v) is 4.35. The molecule has 0 atom stereocenters. The van der Waals surface area contributed by atoms with Gasteiger partial charge in [-0.05, 0) is 43.9 Å². The lowest BCUT2D eigenvalue weighted by Crippen LogP contribution is -2.01. The molecule has 92 valence electrons. The van der Waals surface area contributed by atoms with Crippen LogP contribution in [0.4, 0.5) is 0 Å². The molecule has 0 aliphatic carbocycles. The Morgan fingerprint density at radius 2 is 1.89 bits per heavy atom. The Bertz CT molecular complexity index is 642. The number of fused-ring (bicyclic) bond motifs is 1. The van der Waals surface area contributed by atoms with Crippen molar-refractivity contribution < 1.29 is 0 Å². The van der Waals surface area contributed by atoms with Gasteiger partial charge in [-0.3, -0.25) is 4.99 Å². The summed E-state index contributed by atoms with van der Waals surface area (Å²) in [5.74, 6) is 0. The molecular formula is C16H18N2. The van der Waals surface area contributed by atoms with Crippen molar-refractivity contribution in [3.8, 4) is 0 Å². The van der Waals surface area contributed by atoms with E-state index in [0.29, 0.717) is 0 Å². The molecule has 2 rings (SSSR count). The maximum Gasteiger partial charge on any atom is 0.0525 e. The maximum atomic E-state index is 4.24. The molecule has 1 aromatic heterocycles. The Labute approximate surface area is 108 Å². The molecule has 0 spiro atoms. The van der Waals surface area contributed by atoms with Gasteiger partial charge >= 0.3 is 0 Å². The summed E-state index contributed by atoms with van der Waals surface area (Å²) < 4.78 is 2.20. The second-order valence-electron chi connectivity index (χ2n) is 4.35. The van der Waals surface area contributed by atoms with Crippen LogP contribution in [0.3, 0.4) is 0 Å². The van der Waals surface area contributed by atoms with E-state index in [9.17, 15) is 0 Å². The van der Waals surface area contributed by atoms with Crippen LogP contribution in [0, 0.1) is 0 Å². The molecule has 0 unspecified atom stereocenters.